The van der Waals surface area contributed by atoms with Crippen LogP contribution < -0.4 is 4.72 Å². The van der Waals surface area contributed by atoms with E-state index in [-0.39, 0.29) is 4.90 Å². The van der Waals surface area contributed by atoms with Crippen LogP contribution in [0.15, 0.2) is 27.6 Å². The van der Waals surface area contributed by atoms with Gasteiger partial charge in [0.15, 0.2) is 0 Å². The molecule has 0 bridgehead atoms. The minimum absolute atomic E-state index is 0.241. The molecule has 0 aliphatic heterocycles. The Labute approximate surface area is 117 Å². The number of hydrogen-bond acceptors (Lipinski definition) is 3. The predicted octanol–water partition coefficient (Wildman–Crippen LogP) is 2.20. The molecule has 1 unspecified atom stereocenters. The maximum atomic E-state index is 12.0. The number of aliphatic hydroxyl groups is 1. The summed E-state index contributed by atoms with van der Waals surface area (Å²) >= 11 is 3.26. The molecule has 0 saturated carbocycles. The zero-order chi connectivity index (χ0) is 13.8. The molecule has 1 aromatic carbocycles. The second-order valence-corrected chi connectivity index (χ2v) is 6.91. The molecule has 0 aliphatic carbocycles. The average molecular weight is 336 g/mol. The van der Waals surface area contributed by atoms with E-state index in [1.165, 1.54) is 0 Å². The molecule has 102 valence electrons. The number of sulfonamides is 1. The highest BCUT2D eigenvalue weighted by molar-refractivity contribution is 9.10. The van der Waals surface area contributed by atoms with Crippen LogP contribution in [0.3, 0.4) is 0 Å². The number of benzene rings is 1. The fraction of sp³-hybridized carbons (Fsp3) is 0.500. The molecule has 2 N–H and O–H groups in total. The summed E-state index contributed by atoms with van der Waals surface area (Å²) in [6.07, 6.45) is 0.790. The predicted molar refractivity (Wildman–Crippen MR) is 75.0 cm³/mol. The average Bonchev–Trinajstić information content (AvgIpc) is 2.23. The van der Waals surface area contributed by atoms with Crippen molar-refractivity contribution in [3.05, 3.63) is 28.2 Å². The summed E-state index contributed by atoms with van der Waals surface area (Å²) in [5.41, 5.74) is 0.995. The molecule has 0 fully saturated rings. The number of rotatable bonds is 6. The van der Waals surface area contributed by atoms with Crippen LogP contribution in [0.25, 0.3) is 0 Å². The maximum absolute atomic E-state index is 12.0. The Morgan fingerprint density at radius 2 is 2.11 bits per heavy atom. The molecule has 1 rings (SSSR count). The minimum Gasteiger partial charge on any atom is -0.393 e. The van der Waals surface area contributed by atoms with Gasteiger partial charge in [-0.05, 0) is 60.3 Å². The lowest BCUT2D eigenvalue weighted by molar-refractivity contribution is 0.182. The molecule has 0 radical (unpaired) electrons. The highest BCUT2D eigenvalue weighted by Gasteiger charge is 2.16. The van der Waals surface area contributed by atoms with Crippen molar-refractivity contribution in [2.75, 3.05) is 6.54 Å². The van der Waals surface area contributed by atoms with Gasteiger partial charge in [-0.3, -0.25) is 0 Å². The van der Waals surface area contributed by atoms with E-state index in [9.17, 15) is 8.42 Å². The molecule has 0 heterocycles. The first-order chi connectivity index (χ1) is 8.33. The molecule has 0 saturated heterocycles. The van der Waals surface area contributed by atoms with Crippen molar-refractivity contribution in [2.24, 2.45) is 0 Å². The van der Waals surface area contributed by atoms with Crippen molar-refractivity contribution in [1.82, 2.24) is 4.72 Å². The molecule has 0 aliphatic rings. The molecular formula is C12H18BrNO3S. The van der Waals surface area contributed by atoms with Crippen LogP contribution in [-0.2, 0) is 10.0 Å². The fourth-order valence-corrected chi connectivity index (χ4v) is 3.77. The quantitative estimate of drug-likeness (QED) is 0.783. The second kappa shape index (κ2) is 6.65. The number of nitrogens with one attached hydrogen (secondary N) is 1. The van der Waals surface area contributed by atoms with Crippen LogP contribution in [0.5, 0.6) is 0 Å². The first-order valence-corrected chi connectivity index (χ1v) is 8.04. The van der Waals surface area contributed by atoms with Crippen LogP contribution in [0, 0.1) is 6.92 Å². The number of halogens is 1. The Morgan fingerprint density at radius 1 is 1.44 bits per heavy atom. The van der Waals surface area contributed by atoms with Crippen molar-refractivity contribution in [1.29, 1.82) is 0 Å². The molecule has 0 aromatic heterocycles. The lowest BCUT2D eigenvalue weighted by Crippen LogP contribution is -2.25. The Morgan fingerprint density at radius 3 is 2.67 bits per heavy atom. The molecule has 6 heteroatoms. The van der Waals surface area contributed by atoms with E-state index in [1.807, 2.05) is 6.92 Å². The van der Waals surface area contributed by atoms with Crippen LogP contribution in [0.1, 0.15) is 25.3 Å². The van der Waals surface area contributed by atoms with E-state index < -0.39 is 16.1 Å². The molecule has 18 heavy (non-hydrogen) atoms. The summed E-state index contributed by atoms with van der Waals surface area (Å²) in [4.78, 5) is 0.241. The van der Waals surface area contributed by atoms with Gasteiger partial charge in [0.2, 0.25) is 10.0 Å². The Kier molecular flexibility index (Phi) is 5.78. The summed E-state index contributed by atoms with van der Waals surface area (Å²) in [7, 11) is -3.48. The van der Waals surface area contributed by atoms with Gasteiger partial charge in [0.25, 0.3) is 0 Å². The van der Waals surface area contributed by atoms with Crippen molar-refractivity contribution in [3.8, 4) is 0 Å². The third-order valence-electron chi connectivity index (χ3n) is 2.47. The summed E-state index contributed by atoms with van der Waals surface area (Å²) < 4.78 is 27.1. The smallest absolute Gasteiger partial charge is 0.241 e. The van der Waals surface area contributed by atoms with E-state index in [2.05, 4.69) is 20.7 Å². The number of aryl methyl sites for hydroxylation is 1. The van der Waals surface area contributed by atoms with Gasteiger partial charge in [-0.2, -0.15) is 0 Å². The molecule has 4 nitrogen and oxygen atoms in total. The van der Waals surface area contributed by atoms with E-state index in [0.717, 1.165) is 5.56 Å². The van der Waals surface area contributed by atoms with Gasteiger partial charge in [-0.1, -0.05) is 6.07 Å². The molecule has 1 atom stereocenters. The molecule has 0 amide bonds. The van der Waals surface area contributed by atoms with Gasteiger partial charge in [0, 0.05) is 11.0 Å². The van der Waals surface area contributed by atoms with Gasteiger partial charge in [0.1, 0.15) is 0 Å². The van der Waals surface area contributed by atoms with Crippen molar-refractivity contribution >= 4 is 26.0 Å². The summed E-state index contributed by atoms with van der Waals surface area (Å²) in [6.45, 7) is 3.91. The van der Waals surface area contributed by atoms with E-state index in [4.69, 9.17) is 5.11 Å². The van der Waals surface area contributed by atoms with Gasteiger partial charge < -0.3 is 5.11 Å². The normalized spacial score (nSPS) is 13.6. The highest BCUT2D eigenvalue weighted by atomic mass is 79.9. The fourth-order valence-electron chi connectivity index (χ4n) is 1.51. The summed E-state index contributed by atoms with van der Waals surface area (Å²) in [5.74, 6) is 0. The lowest BCUT2D eigenvalue weighted by Gasteiger charge is -2.09. The number of aliphatic hydroxyl groups excluding tert-OH is 1. The molecular weight excluding hydrogens is 318 g/mol. The van der Waals surface area contributed by atoms with Crippen molar-refractivity contribution in [2.45, 2.75) is 37.7 Å². The van der Waals surface area contributed by atoms with Crippen molar-refractivity contribution in [3.63, 3.8) is 0 Å². The SMILES string of the molecule is Cc1ccc(S(=O)(=O)NCCCC(C)O)c(Br)c1. The van der Waals surface area contributed by atoms with Crippen molar-refractivity contribution < 1.29 is 13.5 Å². The van der Waals surface area contributed by atoms with Gasteiger partial charge in [-0.25, -0.2) is 13.1 Å². The molecule has 0 spiro atoms. The third kappa shape index (κ3) is 4.68. The summed E-state index contributed by atoms with van der Waals surface area (Å²) in [6, 6.07) is 5.11. The first kappa shape index (κ1) is 15.6. The van der Waals surface area contributed by atoms with Crippen LogP contribution in [0.4, 0.5) is 0 Å². The minimum atomic E-state index is -3.48. The topological polar surface area (TPSA) is 66.4 Å². The maximum Gasteiger partial charge on any atom is 0.241 e. The highest BCUT2D eigenvalue weighted by Crippen LogP contribution is 2.22. The Bertz CT molecular complexity index is 500. The van der Waals surface area contributed by atoms with Crippen LogP contribution in [-0.4, -0.2) is 26.2 Å². The molecule has 1 aromatic rings. The zero-order valence-electron chi connectivity index (χ0n) is 10.5. The van der Waals surface area contributed by atoms with E-state index in [0.29, 0.717) is 23.9 Å². The standard InChI is InChI=1S/C12H18BrNO3S/c1-9-5-6-12(11(13)8-9)18(16,17)14-7-3-4-10(2)15/h5-6,8,10,14-15H,3-4,7H2,1-2H3. The second-order valence-electron chi connectivity index (χ2n) is 4.32. The van der Waals surface area contributed by atoms with Gasteiger partial charge in [-0.15, -0.1) is 0 Å². The van der Waals surface area contributed by atoms with Gasteiger partial charge >= 0.3 is 0 Å². The Hall–Kier alpha value is -0.430. The van der Waals surface area contributed by atoms with E-state index >= 15 is 0 Å². The first-order valence-electron chi connectivity index (χ1n) is 5.77. The lowest BCUT2D eigenvalue weighted by atomic mass is 10.2. The van der Waals surface area contributed by atoms with Crippen LogP contribution in [0.2, 0.25) is 0 Å². The van der Waals surface area contributed by atoms with Gasteiger partial charge in [0.05, 0.1) is 11.0 Å². The van der Waals surface area contributed by atoms with E-state index in [1.54, 1.807) is 25.1 Å². The third-order valence-corrected chi connectivity index (χ3v) is 4.91. The summed E-state index contributed by atoms with van der Waals surface area (Å²) in [5, 5.41) is 9.09. The Balaban J connectivity index is 2.69. The number of hydrogen-bond donors (Lipinski definition) is 2. The monoisotopic (exact) mass is 335 g/mol. The van der Waals surface area contributed by atoms with Crippen LogP contribution >= 0.6 is 15.9 Å². The largest absolute Gasteiger partial charge is 0.393 e. The zero-order valence-corrected chi connectivity index (χ0v) is 12.9.